The van der Waals surface area contributed by atoms with Crippen molar-refractivity contribution in [2.24, 2.45) is 0 Å². The van der Waals surface area contributed by atoms with E-state index in [1.165, 1.54) is 18.3 Å². The van der Waals surface area contributed by atoms with Gasteiger partial charge in [-0.25, -0.2) is 4.79 Å². The molecule has 0 spiro atoms. The van der Waals surface area contributed by atoms with E-state index in [9.17, 15) is 9.59 Å². The molecule has 1 aromatic heterocycles. The summed E-state index contributed by atoms with van der Waals surface area (Å²) in [6, 6.07) is 3.06. The molecule has 0 radical (unpaired) electrons. The fraction of sp³-hybridized carbons (Fsp3) is 0. The van der Waals surface area contributed by atoms with Crippen LogP contribution >= 0.6 is 0 Å². The highest BCUT2D eigenvalue weighted by atomic mass is 16.3. The maximum atomic E-state index is 10.7. The van der Waals surface area contributed by atoms with Gasteiger partial charge < -0.3 is 4.42 Å². The van der Waals surface area contributed by atoms with Gasteiger partial charge in [0.15, 0.2) is 5.76 Å². The van der Waals surface area contributed by atoms with Gasteiger partial charge in [0.1, 0.15) is 5.94 Å². The zero-order valence-electron chi connectivity index (χ0n) is 5.03. The van der Waals surface area contributed by atoms with Crippen LogP contribution in [0, 0.1) is 0 Å². The van der Waals surface area contributed by atoms with E-state index >= 15 is 0 Å². The van der Waals surface area contributed by atoms with Crippen molar-refractivity contribution in [1.29, 1.82) is 0 Å². The maximum absolute atomic E-state index is 10.7. The molecule has 3 heteroatoms. The Morgan fingerprint density at radius 1 is 1.70 bits per heavy atom. The summed E-state index contributed by atoms with van der Waals surface area (Å²) in [6.07, 6.45) is 2.16. The van der Waals surface area contributed by atoms with Crippen LogP contribution < -0.4 is 0 Å². The first kappa shape index (κ1) is 6.52. The largest absolute Gasteiger partial charge is 0.461 e. The molecular weight excluding hydrogens is 132 g/mol. The SMILES string of the molecule is O=C=CC(=O)c1ccco1. The first-order chi connectivity index (χ1) is 4.84. The molecule has 50 valence electrons. The summed E-state index contributed by atoms with van der Waals surface area (Å²) in [5.41, 5.74) is 0. The van der Waals surface area contributed by atoms with E-state index in [4.69, 9.17) is 0 Å². The van der Waals surface area contributed by atoms with Crippen LogP contribution in [0.3, 0.4) is 0 Å². The van der Waals surface area contributed by atoms with E-state index in [0.717, 1.165) is 6.08 Å². The van der Waals surface area contributed by atoms with E-state index in [0.29, 0.717) is 0 Å². The molecule has 0 amide bonds. The number of carbonyl (C=O) groups excluding carboxylic acids is 2. The predicted octanol–water partition coefficient (Wildman–Crippen LogP) is 0.850. The highest BCUT2D eigenvalue weighted by Crippen LogP contribution is 2.00. The van der Waals surface area contributed by atoms with Gasteiger partial charge in [-0.05, 0) is 12.1 Å². The number of allylic oxidation sites excluding steroid dienone is 1. The molecule has 1 rings (SSSR count). The summed E-state index contributed by atoms with van der Waals surface area (Å²) in [5, 5.41) is 0. The zero-order valence-corrected chi connectivity index (χ0v) is 5.03. The second kappa shape index (κ2) is 2.80. The fourth-order valence-electron chi connectivity index (χ4n) is 0.543. The number of rotatable bonds is 2. The average molecular weight is 136 g/mol. The highest BCUT2D eigenvalue weighted by Gasteiger charge is 2.02. The summed E-state index contributed by atoms with van der Waals surface area (Å²) >= 11 is 0. The van der Waals surface area contributed by atoms with E-state index in [1.54, 1.807) is 6.07 Å². The summed E-state index contributed by atoms with van der Waals surface area (Å²) < 4.78 is 4.69. The molecule has 1 aromatic rings. The van der Waals surface area contributed by atoms with Crippen molar-refractivity contribution >= 4 is 11.7 Å². The minimum atomic E-state index is -0.458. The average Bonchev–Trinajstić information content (AvgIpc) is 2.38. The van der Waals surface area contributed by atoms with Crippen molar-refractivity contribution in [3.05, 3.63) is 30.2 Å². The van der Waals surface area contributed by atoms with Crippen LogP contribution in [-0.4, -0.2) is 11.7 Å². The Morgan fingerprint density at radius 3 is 3.00 bits per heavy atom. The first-order valence-electron chi connectivity index (χ1n) is 2.63. The third-order valence-electron chi connectivity index (χ3n) is 0.954. The van der Waals surface area contributed by atoms with E-state index < -0.39 is 5.78 Å². The molecule has 3 nitrogen and oxygen atoms in total. The van der Waals surface area contributed by atoms with E-state index in [1.807, 2.05) is 0 Å². The lowest BCUT2D eigenvalue weighted by Crippen LogP contribution is -1.89. The van der Waals surface area contributed by atoms with Gasteiger partial charge in [0, 0.05) is 0 Å². The van der Waals surface area contributed by atoms with Gasteiger partial charge in [-0.3, -0.25) is 4.79 Å². The minimum Gasteiger partial charge on any atom is -0.461 e. The highest BCUT2D eigenvalue weighted by molar-refractivity contribution is 6.06. The number of carbonyl (C=O) groups is 1. The second-order valence-electron chi connectivity index (χ2n) is 1.60. The standard InChI is InChI=1S/C7H4O3/c8-4-3-6(9)7-2-1-5-10-7/h1-3,5H. The van der Waals surface area contributed by atoms with Crippen LogP contribution in [0.1, 0.15) is 10.6 Å². The van der Waals surface area contributed by atoms with Crippen LogP contribution in [0.2, 0.25) is 0 Å². The van der Waals surface area contributed by atoms with Gasteiger partial charge >= 0.3 is 0 Å². The molecule has 0 aliphatic carbocycles. The van der Waals surface area contributed by atoms with Gasteiger partial charge in [0.05, 0.1) is 12.3 Å². The molecule has 0 saturated heterocycles. The van der Waals surface area contributed by atoms with Crippen molar-refractivity contribution in [1.82, 2.24) is 0 Å². The molecule has 0 aromatic carbocycles. The quantitative estimate of drug-likeness (QED) is 0.344. The Morgan fingerprint density at radius 2 is 2.50 bits per heavy atom. The van der Waals surface area contributed by atoms with E-state index in [-0.39, 0.29) is 5.76 Å². The van der Waals surface area contributed by atoms with Crippen molar-refractivity contribution in [3.63, 3.8) is 0 Å². The number of hydrogen-bond acceptors (Lipinski definition) is 3. The summed E-state index contributed by atoms with van der Waals surface area (Å²) in [7, 11) is 0. The molecule has 0 atom stereocenters. The maximum Gasteiger partial charge on any atom is 0.231 e. The Labute approximate surface area is 57.0 Å². The van der Waals surface area contributed by atoms with Gasteiger partial charge in [-0.15, -0.1) is 0 Å². The normalized spacial score (nSPS) is 8.40. The molecule has 0 aliphatic heterocycles. The third kappa shape index (κ3) is 1.21. The second-order valence-corrected chi connectivity index (χ2v) is 1.60. The number of furan rings is 1. The molecule has 0 fully saturated rings. The lowest BCUT2D eigenvalue weighted by Gasteiger charge is -1.81. The molecule has 0 N–H and O–H groups in total. The molecule has 0 unspecified atom stereocenters. The van der Waals surface area contributed by atoms with Crippen LogP contribution in [0.15, 0.2) is 28.9 Å². The summed E-state index contributed by atoms with van der Waals surface area (Å²) in [6.45, 7) is 0. The molecule has 0 bridgehead atoms. The lowest BCUT2D eigenvalue weighted by molar-refractivity contribution is 0.102. The molecule has 10 heavy (non-hydrogen) atoms. The lowest BCUT2D eigenvalue weighted by atomic mass is 10.3. The third-order valence-corrected chi connectivity index (χ3v) is 0.954. The monoisotopic (exact) mass is 136 g/mol. The number of ketones is 1. The Balaban J connectivity index is 2.87. The Hall–Kier alpha value is -1.60. The predicted molar refractivity (Wildman–Crippen MR) is 33.3 cm³/mol. The molecular formula is C7H4O3. The number of hydrogen-bond donors (Lipinski definition) is 0. The van der Waals surface area contributed by atoms with Crippen LogP contribution in [0.25, 0.3) is 0 Å². The Kier molecular flexibility index (Phi) is 1.83. The fourth-order valence-corrected chi connectivity index (χ4v) is 0.543. The smallest absolute Gasteiger partial charge is 0.231 e. The van der Waals surface area contributed by atoms with Crippen LogP contribution in [0.5, 0.6) is 0 Å². The van der Waals surface area contributed by atoms with Crippen molar-refractivity contribution < 1.29 is 14.0 Å². The first-order valence-corrected chi connectivity index (χ1v) is 2.63. The van der Waals surface area contributed by atoms with Crippen LogP contribution in [-0.2, 0) is 4.79 Å². The van der Waals surface area contributed by atoms with Crippen molar-refractivity contribution in [2.75, 3.05) is 0 Å². The van der Waals surface area contributed by atoms with E-state index in [2.05, 4.69) is 4.42 Å². The van der Waals surface area contributed by atoms with Gasteiger partial charge in [0.25, 0.3) is 0 Å². The zero-order chi connectivity index (χ0) is 7.40. The molecule has 0 saturated carbocycles. The molecule has 1 heterocycles. The summed E-state index contributed by atoms with van der Waals surface area (Å²) in [4.78, 5) is 20.4. The van der Waals surface area contributed by atoms with Crippen LogP contribution in [0.4, 0.5) is 0 Å². The van der Waals surface area contributed by atoms with Crippen molar-refractivity contribution in [2.45, 2.75) is 0 Å². The minimum absolute atomic E-state index is 0.156. The van der Waals surface area contributed by atoms with Crippen molar-refractivity contribution in [3.8, 4) is 0 Å². The molecule has 0 aliphatic rings. The van der Waals surface area contributed by atoms with Gasteiger partial charge in [-0.1, -0.05) is 0 Å². The Bertz CT molecular complexity index is 265. The topological polar surface area (TPSA) is 47.3 Å². The summed E-state index contributed by atoms with van der Waals surface area (Å²) in [5.74, 6) is 1.07. The van der Waals surface area contributed by atoms with Gasteiger partial charge in [-0.2, -0.15) is 0 Å². The van der Waals surface area contributed by atoms with Gasteiger partial charge in [0.2, 0.25) is 5.78 Å².